The molecule has 1 aliphatic rings. The number of carboxylic acid groups (broad SMARTS) is 1. The molecule has 0 saturated heterocycles. The van der Waals surface area contributed by atoms with E-state index in [9.17, 15) is 9.18 Å². The van der Waals surface area contributed by atoms with Crippen molar-refractivity contribution < 1.29 is 19.0 Å². The fraction of sp³-hybridized carbons (Fsp3) is 0.400. The summed E-state index contributed by atoms with van der Waals surface area (Å²) in [5.74, 6) is 0.325. The van der Waals surface area contributed by atoms with Gasteiger partial charge < -0.3 is 14.7 Å². The minimum Gasteiger partial charge on any atom is -0.478 e. The number of unbranched alkanes of at least 4 members (excludes halogenated alkanes) is 1. The van der Waals surface area contributed by atoms with Crippen molar-refractivity contribution >= 4 is 40.9 Å². The Kier molecular flexibility index (Phi) is 8.54. The highest BCUT2D eigenvalue weighted by Crippen LogP contribution is 2.49. The van der Waals surface area contributed by atoms with E-state index in [-0.39, 0.29) is 11.2 Å². The van der Waals surface area contributed by atoms with Crippen molar-refractivity contribution in [3.05, 3.63) is 54.6 Å². The molecule has 1 heterocycles. The number of hydrogen-bond acceptors (Lipinski definition) is 5. The maximum absolute atomic E-state index is 13.7. The number of hydrogen-bond donors (Lipinski definition) is 1. The second kappa shape index (κ2) is 11.1. The third kappa shape index (κ3) is 5.81. The van der Waals surface area contributed by atoms with E-state index in [1.807, 2.05) is 36.2 Å². The van der Waals surface area contributed by atoms with Gasteiger partial charge in [-0.2, -0.15) is 0 Å². The number of carboxylic acids is 1. The normalized spacial score (nSPS) is 18.4. The first-order chi connectivity index (χ1) is 15.4. The van der Waals surface area contributed by atoms with Crippen LogP contribution in [0.15, 0.2) is 58.5 Å². The van der Waals surface area contributed by atoms with Crippen LogP contribution in [0.4, 0.5) is 15.8 Å². The molecule has 0 fully saturated rings. The van der Waals surface area contributed by atoms with Gasteiger partial charge in [-0.3, -0.25) is 0 Å². The molecule has 1 atom stereocenters. The molecule has 0 aromatic heterocycles. The average molecular weight is 476 g/mol. The van der Waals surface area contributed by atoms with Gasteiger partial charge in [0.05, 0.1) is 22.9 Å². The summed E-state index contributed by atoms with van der Waals surface area (Å²) in [7, 11) is 0. The molecule has 172 valence electrons. The van der Waals surface area contributed by atoms with E-state index in [0.717, 1.165) is 58.8 Å². The number of fused-ring (bicyclic) bond motifs is 1. The van der Waals surface area contributed by atoms with E-state index in [1.54, 1.807) is 11.8 Å². The quantitative estimate of drug-likeness (QED) is 0.232. The highest BCUT2D eigenvalue weighted by molar-refractivity contribution is 7.99. The minimum absolute atomic E-state index is 0.137. The SMILES string of the molecule is CCCCC1(CC)CSc2cc(O/C=C/C(=O)O)c(SC)cc2N(c2ccc(F)cc2)C1. The first-order valence-corrected chi connectivity index (χ1v) is 13.1. The second-order valence-electron chi connectivity index (χ2n) is 8.04. The molecule has 0 spiro atoms. The summed E-state index contributed by atoms with van der Waals surface area (Å²) in [4.78, 5) is 15.1. The summed E-state index contributed by atoms with van der Waals surface area (Å²) < 4.78 is 19.4. The Morgan fingerprint density at radius 3 is 2.69 bits per heavy atom. The molecule has 1 unspecified atom stereocenters. The lowest BCUT2D eigenvalue weighted by Gasteiger charge is -2.37. The molecule has 4 nitrogen and oxygen atoms in total. The van der Waals surface area contributed by atoms with Gasteiger partial charge in [0.15, 0.2) is 0 Å². The highest BCUT2D eigenvalue weighted by atomic mass is 32.2. The van der Waals surface area contributed by atoms with Crippen molar-refractivity contribution in [1.29, 1.82) is 0 Å². The van der Waals surface area contributed by atoms with E-state index in [1.165, 1.54) is 24.8 Å². The highest BCUT2D eigenvalue weighted by Gasteiger charge is 2.35. The Bertz CT molecular complexity index is 964. The summed E-state index contributed by atoms with van der Waals surface area (Å²) in [5, 5.41) is 8.87. The molecule has 3 rings (SSSR count). The summed E-state index contributed by atoms with van der Waals surface area (Å²) in [6.45, 7) is 5.34. The minimum atomic E-state index is -1.05. The second-order valence-corrected chi connectivity index (χ2v) is 9.90. The predicted octanol–water partition coefficient (Wildman–Crippen LogP) is 7.36. The smallest absolute Gasteiger partial charge is 0.331 e. The summed E-state index contributed by atoms with van der Waals surface area (Å²) in [6, 6.07) is 10.8. The standard InChI is InChI=1S/C25H30FNO3S2/c1-4-6-12-25(5-2)16-27(19-9-7-18(26)8-10-19)20-14-23(31-3)21(15-22(20)32-17-25)30-13-11-24(28)29/h7-11,13-15H,4-6,12,16-17H2,1-3H3,(H,28,29)/b13-11+. The number of nitrogens with zero attached hydrogens (tertiary/aromatic N) is 1. The Labute approximate surface area is 198 Å². The lowest BCUT2D eigenvalue weighted by atomic mass is 9.81. The number of aliphatic carboxylic acids is 1. The summed E-state index contributed by atoms with van der Waals surface area (Å²) >= 11 is 3.37. The Morgan fingerprint density at radius 2 is 2.06 bits per heavy atom. The zero-order valence-electron chi connectivity index (χ0n) is 18.8. The molecular weight excluding hydrogens is 445 g/mol. The van der Waals surface area contributed by atoms with Crippen LogP contribution in [0.2, 0.25) is 0 Å². The van der Waals surface area contributed by atoms with Crippen LogP contribution in [0.3, 0.4) is 0 Å². The Hall–Kier alpha value is -2.12. The van der Waals surface area contributed by atoms with Gasteiger partial charge in [-0.05, 0) is 60.9 Å². The van der Waals surface area contributed by atoms with Gasteiger partial charge in [-0.15, -0.1) is 23.5 Å². The van der Waals surface area contributed by atoms with Gasteiger partial charge in [0.2, 0.25) is 0 Å². The van der Waals surface area contributed by atoms with Gasteiger partial charge in [0.1, 0.15) is 11.6 Å². The number of anilines is 2. The average Bonchev–Trinajstić information content (AvgIpc) is 2.95. The zero-order chi connectivity index (χ0) is 23.1. The zero-order valence-corrected chi connectivity index (χ0v) is 20.4. The molecule has 7 heteroatoms. The van der Waals surface area contributed by atoms with Gasteiger partial charge in [-0.25, -0.2) is 9.18 Å². The van der Waals surface area contributed by atoms with Crippen LogP contribution in [0.1, 0.15) is 39.5 Å². The molecule has 0 bridgehead atoms. The van der Waals surface area contributed by atoms with Crippen molar-refractivity contribution in [2.24, 2.45) is 5.41 Å². The van der Waals surface area contributed by atoms with Crippen molar-refractivity contribution in [2.45, 2.75) is 49.3 Å². The van der Waals surface area contributed by atoms with E-state index < -0.39 is 5.97 Å². The number of rotatable bonds is 9. The number of carbonyl (C=O) groups is 1. The van der Waals surface area contributed by atoms with Crippen LogP contribution in [0.5, 0.6) is 5.75 Å². The number of thioether (sulfide) groups is 2. The van der Waals surface area contributed by atoms with Gasteiger partial charge in [0, 0.05) is 22.9 Å². The van der Waals surface area contributed by atoms with Crippen molar-refractivity contribution in [3.8, 4) is 5.75 Å². The molecule has 0 aliphatic carbocycles. The molecule has 2 aromatic carbocycles. The molecule has 0 saturated carbocycles. The van der Waals surface area contributed by atoms with Crippen LogP contribution >= 0.6 is 23.5 Å². The number of ether oxygens (including phenoxy) is 1. The van der Waals surface area contributed by atoms with Crippen molar-refractivity contribution in [2.75, 3.05) is 23.5 Å². The van der Waals surface area contributed by atoms with E-state index >= 15 is 0 Å². The third-order valence-corrected chi connectivity index (χ3v) is 8.07. The van der Waals surface area contributed by atoms with Crippen LogP contribution in [0.25, 0.3) is 0 Å². The van der Waals surface area contributed by atoms with Crippen LogP contribution in [-0.4, -0.2) is 29.6 Å². The fourth-order valence-electron chi connectivity index (χ4n) is 3.92. The monoisotopic (exact) mass is 475 g/mol. The summed E-state index contributed by atoms with van der Waals surface area (Å²) in [5.41, 5.74) is 2.18. The Balaban J connectivity index is 2.08. The molecular formula is C25H30FNO3S2. The van der Waals surface area contributed by atoms with E-state index in [4.69, 9.17) is 9.84 Å². The lowest BCUT2D eigenvalue weighted by molar-refractivity contribution is -0.131. The molecule has 1 aliphatic heterocycles. The third-order valence-electron chi connectivity index (χ3n) is 5.92. The first kappa shape index (κ1) is 24.5. The van der Waals surface area contributed by atoms with Crippen molar-refractivity contribution in [3.63, 3.8) is 0 Å². The van der Waals surface area contributed by atoms with Gasteiger partial charge in [-0.1, -0.05) is 26.7 Å². The topological polar surface area (TPSA) is 49.8 Å². The molecule has 1 N–H and O–H groups in total. The van der Waals surface area contributed by atoms with Crippen LogP contribution in [-0.2, 0) is 4.79 Å². The predicted molar refractivity (Wildman–Crippen MR) is 132 cm³/mol. The van der Waals surface area contributed by atoms with Gasteiger partial charge in [0.25, 0.3) is 0 Å². The fourth-order valence-corrected chi connectivity index (χ4v) is 5.86. The van der Waals surface area contributed by atoms with Crippen LogP contribution in [0, 0.1) is 11.2 Å². The molecule has 0 amide bonds. The van der Waals surface area contributed by atoms with Crippen LogP contribution < -0.4 is 9.64 Å². The first-order valence-electron chi connectivity index (χ1n) is 10.9. The number of benzene rings is 2. The van der Waals surface area contributed by atoms with Gasteiger partial charge >= 0.3 is 5.97 Å². The van der Waals surface area contributed by atoms with E-state index in [0.29, 0.717) is 5.75 Å². The molecule has 2 aromatic rings. The molecule has 32 heavy (non-hydrogen) atoms. The number of halogens is 1. The summed E-state index contributed by atoms with van der Waals surface area (Å²) in [6.07, 6.45) is 8.69. The molecule has 0 radical (unpaired) electrons. The van der Waals surface area contributed by atoms with E-state index in [2.05, 4.69) is 24.8 Å². The lowest BCUT2D eigenvalue weighted by Crippen LogP contribution is -2.36. The maximum atomic E-state index is 13.7. The van der Waals surface area contributed by atoms with Crippen molar-refractivity contribution in [1.82, 2.24) is 0 Å². The Morgan fingerprint density at radius 1 is 1.31 bits per heavy atom. The maximum Gasteiger partial charge on any atom is 0.331 e. The largest absolute Gasteiger partial charge is 0.478 e.